The van der Waals surface area contributed by atoms with Crippen molar-refractivity contribution < 1.29 is 14.7 Å². The Balaban J connectivity index is 1.90. The van der Waals surface area contributed by atoms with Crippen LogP contribution in [0.5, 0.6) is 0 Å². The number of rotatable bonds is 3. The average Bonchev–Trinajstić information content (AvgIpc) is 2.43. The van der Waals surface area contributed by atoms with E-state index in [2.05, 4.69) is 10.6 Å². The number of aryl methyl sites for hydroxylation is 3. The quantitative estimate of drug-likeness (QED) is 0.801. The number of carboxylic acids is 1. The zero-order valence-electron chi connectivity index (χ0n) is 13.4. The molecule has 0 spiro atoms. The Morgan fingerprint density at radius 2 is 1.59 bits per heavy atom. The minimum atomic E-state index is -0.728. The van der Waals surface area contributed by atoms with Gasteiger partial charge in [-0.05, 0) is 57.6 Å². The summed E-state index contributed by atoms with van der Waals surface area (Å²) in [5, 5.41) is 14.9. The molecule has 0 aromatic heterocycles. The van der Waals surface area contributed by atoms with E-state index in [0.29, 0.717) is 12.8 Å². The minimum Gasteiger partial charge on any atom is -0.481 e. The van der Waals surface area contributed by atoms with Crippen molar-refractivity contribution in [3.63, 3.8) is 0 Å². The summed E-state index contributed by atoms with van der Waals surface area (Å²) in [4.78, 5) is 23.1. The van der Waals surface area contributed by atoms with Crippen LogP contribution in [0.1, 0.15) is 42.4 Å². The fourth-order valence-corrected chi connectivity index (χ4v) is 3.20. The van der Waals surface area contributed by atoms with E-state index in [1.807, 2.05) is 32.9 Å². The number of hydrogen-bond donors (Lipinski definition) is 3. The van der Waals surface area contributed by atoms with Crippen molar-refractivity contribution in [3.05, 3.63) is 28.8 Å². The zero-order valence-corrected chi connectivity index (χ0v) is 13.4. The number of benzene rings is 1. The number of nitrogens with one attached hydrogen (secondary N) is 2. The van der Waals surface area contributed by atoms with Crippen LogP contribution in [0.2, 0.25) is 0 Å². The van der Waals surface area contributed by atoms with Gasteiger partial charge in [0.25, 0.3) is 0 Å². The van der Waals surface area contributed by atoms with E-state index in [9.17, 15) is 9.59 Å². The molecule has 1 fully saturated rings. The normalized spacial score (nSPS) is 21.2. The molecule has 5 heteroatoms. The van der Waals surface area contributed by atoms with Crippen molar-refractivity contribution in [2.75, 3.05) is 5.32 Å². The van der Waals surface area contributed by atoms with Crippen LogP contribution in [0, 0.1) is 26.7 Å². The first kappa shape index (κ1) is 16.3. The number of carboxylic acid groups (broad SMARTS) is 1. The molecule has 2 rings (SSSR count). The molecule has 0 unspecified atom stereocenters. The van der Waals surface area contributed by atoms with Gasteiger partial charge in [-0.2, -0.15) is 0 Å². The average molecular weight is 304 g/mol. The van der Waals surface area contributed by atoms with Crippen molar-refractivity contribution in [2.45, 2.75) is 52.5 Å². The van der Waals surface area contributed by atoms with Gasteiger partial charge in [0.1, 0.15) is 0 Å². The number of anilines is 1. The number of carbonyl (C=O) groups is 2. The van der Waals surface area contributed by atoms with E-state index in [1.165, 1.54) is 5.56 Å². The maximum atomic E-state index is 12.1. The molecule has 120 valence electrons. The molecule has 1 aliphatic carbocycles. The van der Waals surface area contributed by atoms with Gasteiger partial charge in [-0.15, -0.1) is 0 Å². The van der Waals surface area contributed by atoms with E-state index in [4.69, 9.17) is 5.11 Å². The molecule has 22 heavy (non-hydrogen) atoms. The third kappa shape index (κ3) is 4.00. The standard InChI is InChI=1S/C17H24N2O3/c1-10-8-11(2)15(12(3)9-10)19-17(22)18-14-6-4-13(5-7-14)16(20)21/h8-9,13-14H,4-7H2,1-3H3,(H,20,21)(H2,18,19,22). The highest BCUT2D eigenvalue weighted by Crippen LogP contribution is 2.25. The topological polar surface area (TPSA) is 78.4 Å². The van der Waals surface area contributed by atoms with Crippen LogP contribution in [-0.4, -0.2) is 23.1 Å². The second-order valence-corrected chi connectivity index (χ2v) is 6.26. The first-order valence-electron chi connectivity index (χ1n) is 7.75. The second-order valence-electron chi connectivity index (χ2n) is 6.26. The van der Waals surface area contributed by atoms with Crippen LogP contribution >= 0.6 is 0 Å². The molecular weight excluding hydrogens is 280 g/mol. The zero-order chi connectivity index (χ0) is 16.3. The maximum Gasteiger partial charge on any atom is 0.319 e. The summed E-state index contributed by atoms with van der Waals surface area (Å²) in [6.45, 7) is 5.99. The van der Waals surface area contributed by atoms with Crippen LogP contribution < -0.4 is 10.6 Å². The van der Waals surface area contributed by atoms with Gasteiger partial charge in [-0.25, -0.2) is 4.79 Å². The molecule has 0 radical (unpaired) electrons. The van der Waals surface area contributed by atoms with E-state index in [-0.39, 0.29) is 18.0 Å². The lowest BCUT2D eigenvalue weighted by Gasteiger charge is -2.27. The first-order valence-corrected chi connectivity index (χ1v) is 7.75. The predicted octanol–water partition coefficient (Wildman–Crippen LogP) is 3.38. The number of hydrogen-bond acceptors (Lipinski definition) is 2. The molecule has 5 nitrogen and oxygen atoms in total. The molecule has 1 aromatic carbocycles. The molecule has 0 bridgehead atoms. The Hall–Kier alpha value is -2.04. The van der Waals surface area contributed by atoms with Gasteiger partial charge in [-0.1, -0.05) is 17.7 Å². The van der Waals surface area contributed by atoms with Gasteiger partial charge in [0.15, 0.2) is 0 Å². The van der Waals surface area contributed by atoms with E-state index < -0.39 is 5.97 Å². The lowest BCUT2D eigenvalue weighted by atomic mass is 9.86. The molecule has 0 saturated heterocycles. The first-order chi connectivity index (χ1) is 10.4. The van der Waals surface area contributed by atoms with Crippen LogP contribution in [0.4, 0.5) is 10.5 Å². The number of urea groups is 1. The molecule has 1 saturated carbocycles. The number of amides is 2. The maximum absolute atomic E-state index is 12.1. The molecule has 1 aliphatic rings. The van der Waals surface area contributed by atoms with Crippen LogP contribution in [0.3, 0.4) is 0 Å². The smallest absolute Gasteiger partial charge is 0.319 e. The van der Waals surface area contributed by atoms with Crippen LogP contribution in [0.15, 0.2) is 12.1 Å². The van der Waals surface area contributed by atoms with Crippen molar-refractivity contribution >= 4 is 17.7 Å². The lowest BCUT2D eigenvalue weighted by molar-refractivity contribution is -0.142. The van der Waals surface area contributed by atoms with Gasteiger partial charge >= 0.3 is 12.0 Å². The Kier molecular flexibility index (Phi) is 5.06. The number of aliphatic carboxylic acids is 1. The van der Waals surface area contributed by atoms with Crippen molar-refractivity contribution in [1.82, 2.24) is 5.32 Å². The summed E-state index contributed by atoms with van der Waals surface area (Å²) in [6, 6.07) is 3.93. The van der Waals surface area contributed by atoms with Crippen molar-refractivity contribution in [2.24, 2.45) is 5.92 Å². The van der Waals surface area contributed by atoms with E-state index in [0.717, 1.165) is 29.7 Å². The molecule has 1 aromatic rings. The Labute approximate surface area is 131 Å². The highest BCUT2D eigenvalue weighted by atomic mass is 16.4. The third-order valence-electron chi connectivity index (χ3n) is 4.33. The minimum absolute atomic E-state index is 0.0571. The Morgan fingerprint density at radius 1 is 1.05 bits per heavy atom. The van der Waals surface area contributed by atoms with Gasteiger partial charge in [0.05, 0.1) is 5.92 Å². The summed E-state index contributed by atoms with van der Waals surface area (Å²) in [6.07, 6.45) is 2.69. The van der Waals surface area contributed by atoms with E-state index >= 15 is 0 Å². The molecule has 3 N–H and O–H groups in total. The number of carbonyl (C=O) groups excluding carboxylic acids is 1. The third-order valence-corrected chi connectivity index (χ3v) is 4.33. The van der Waals surface area contributed by atoms with Crippen LogP contribution in [0.25, 0.3) is 0 Å². The molecule has 0 atom stereocenters. The Bertz CT molecular complexity index is 552. The van der Waals surface area contributed by atoms with Gasteiger partial charge in [-0.3, -0.25) is 4.79 Å². The summed E-state index contributed by atoms with van der Waals surface area (Å²) in [5.74, 6) is -0.989. The van der Waals surface area contributed by atoms with E-state index in [1.54, 1.807) is 0 Å². The molecule has 2 amide bonds. The SMILES string of the molecule is Cc1cc(C)c(NC(=O)NC2CCC(C(=O)O)CC2)c(C)c1. The molecular formula is C17H24N2O3. The molecule has 0 aliphatic heterocycles. The summed E-state index contributed by atoms with van der Waals surface area (Å²) in [5.41, 5.74) is 4.11. The molecule has 0 heterocycles. The van der Waals surface area contributed by atoms with Crippen LogP contribution in [-0.2, 0) is 4.79 Å². The van der Waals surface area contributed by atoms with Gasteiger partial charge < -0.3 is 15.7 Å². The summed E-state index contributed by atoms with van der Waals surface area (Å²) >= 11 is 0. The predicted molar refractivity (Wildman–Crippen MR) is 86.2 cm³/mol. The fourth-order valence-electron chi connectivity index (χ4n) is 3.20. The lowest BCUT2D eigenvalue weighted by Crippen LogP contribution is -2.41. The second kappa shape index (κ2) is 6.81. The Morgan fingerprint density at radius 3 is 2.09 bits per heavy atom. The highest BCUT2D eigenvalue weighted by molar-refractivity contribution is 5.91. The van der Waals surface area contributed by atoms with Crippen molar-refractivity contribution in [1.29, 1.82) is 0 Å². The summed E-state index contributed by atoms with van der Waals surface area (Å²) < 4.78 is 0. The highest BCUT2D eigenvalue weighted by Gasteiger charge is 2.26. The van der Waals surface area contributed by atoms with Gasteiger partial charge in [0.2, 0.25) is 0 Å². The summed E-state index contributed by atoms with van der Waals surface area (Å²) in [7, 11) is 0. The largest absolute Gasteiger partial charge is 0.481 e. The monoisotopic (exact) mass is 304 g/mol. The van der Waals surface area contributed by atoms with Crippen molar-refractivity contribution in [3.8, 4) is 0 Å². The van der Waals surface area contributed by atoms with Gasteiger partial charge in [0, 0.05) is 11.7 Å². The fraction of sp³-hybridized carbons (Fsp3) is 0.529.